The van der Waals surface area contributed by atoms with Crippen LogP contribution >= 0.6 is 0 Å². The molecule has 5 saturated carbocycles. The number of fused-ring (bicyclic) bond motifs is 5. The minimum Gasteiger partial charge on any atom is -0.393 e. The van der Waals surface area contributed by atoms with Gasteiger partial charge in [-0.2, -0.15) is 0 Å². The SMILES string of the molecule is C=C(C(=O)C[C@@H](C)[C@@H]1C[C@H]1C)[C@H]1CC[C@H]2[C@@H]3CC[C@@H]4CC(=O)CC[C@]4(C)[C@H]3C[C@@H](O)[C@]12C. The summed E-state index contributed by atoms with van der Waals surface area (Å²) in [6.45, 7) is 13.6. The van der Waals surface area contributed by atoms with Crippen molar-refractivity contribution >= 4 is 11.6 Å². The normalized spacial score (nSPS) is 50.7. The van der Waals surface area contributed by atoms with E-state index in [-0.39, 0.29) is 28.6 Å². The monoisotopic (exact) mass is 440 g/mol. The van der Waals surface area contributed by atoms with Crippen molar-refractivity contribution in [1.29, 1.82) is 0 Å². The topological polar surface area (TPSA) is 54.4 Å². The number of allylic oxidation sites excluding steroid dienone is 1. The number of ketones is 2. The van der Waals surface area contributed by atoms with Gasteiger partial charge in [-0.1, -0.05) is 34.3 Å². The zero-order chi connectivity index (χ0) is 23.0. The quantitative estimate of drug-likeness (QED) is 0.534. The third-order valence-electron chi connectivity index (χ3n) is 11.8. The molecule has 0 spiro atoms. The molecule has 0 aromatic heterocycles. The molecule has 32 heavy (non-hydrogen) atoms. The molecular weight excluding hydrogens is 396 g/mol. The predicted octanol–water partition coefficient (Wildman–Crippen LogP) is 5.99. The zero-order valence-corrected chi connectivity index (χ0v) is 20.7. The lowest BCUT2D eigenvalue weighted by Gasteiger charge is -2.61. The lowest BCUT2D eigenvalue weighted by molar-refractivity contribution is -0.164. The van der Waals surface area contributed by atoms with Crippen molar-refractivity contribution in [2.45, 2.75) is 98.0 Å². The van der Waals surface area contributed by atoms with Crippen molar-refractivity contribution < 1.29 is 14.7 Å². The number of hydrogen-bond acceptors (Lipinski definition) is 3. The average Bonchev–Trinajstić information content (AvgIpc) is 3.37. The van der Waals surface area contributed by atoms with Crippen LogP contribution in [0.4, 0.5) is 0 Å². The summed E-state index contributed by atoms with van der Waals surface area (Å²) >= 11 is 0. The Morgan fingerprint density at radius 1 is 1.16 bits per heavy atom. The van der Waals surface area contributed by atoms with E-state index in [1.54, 1.807) is 0 Å². The maximum atomic E-state index is 13.2. The maximum Gasteiger partial charge on any atom is 0.158 e. The predicted molar refractivity (Wildman–Crippen MR) is 127 cm³/mol. The Labute approximate surface area is 194 Å². The number of carbonyl (C=O) groups excluding carboxylic acids is 2. The van der Waals surface area contributed by atoms with Gasteiger partial charge in [0.1, 0.15) is 5.78 Å². The molecule has 3 nitrogen and oxygen atoms in total. The molecule has 0 aromatic carbocycles. The second kappa shape index (κ2) is 7.79. The summed E-state index contributed by atoms with van der Waals surface area (Å²) in [4.78, 5) is 25.4. The van der Waals surface area contributed by atoms with Crippen LogP contribution in [0.3, 0.4) is 0 Å². The standard InChI is InChI=1S/C29H44O3/c1-16-12-22(16)17(2)13-26(31)18(3)23-8-9-24-21-7-6-19-14-20(30)10-11-28(19,4)25(21)15-27(32)29(23,24)5/h16-17,19,21-25,27,32H,3,6-15H2,1-2,4-5H3/t16-,17-,19-,21+,22-,23-,24+,25+,27-,28+,29-/m1/s1. The second-order valence-corrected chi connectivity index (χ2v) is 13.2. The van der Waals surface area contributed by atoms with Crippen molar-refractivity contribution in [1.82, 2.24) is 0 Å². The Hall–Kier alpha value is -0.960. The van der Waals surface area contributed by atoms with Crippen LogP contribution in [0.2, 0.25) is 0 Å². The van der Waals surface area contributed by atoms with Crippen molar-refractivity contribution in [2.75, 3.05) is 0 Å². The molecule has 0 aromatic rings. The maximum absolute atomic E-state index is 13.2. The van der Waals surface area contributed by atoms with Crippen LogP contribution in [0.1, 0.15) is 91.9 Å². The number of Topliss-reactive ketones (excluding diaryl/α,β-unsaturated/α-hetero) is 2. The van der Waals surface area contributed by atoms with Crippen molar-refractivity contribution in [3.8, 4) is 0 Å². The fourth-order valence-electron chi connectivity index (χ4n) is 9.49. The van der Waals surface area contributed by atoms with Crippen molar-refractivity contribution in [3.05, 3.63) is 12.2 Å². The first-order chi connectivity index (χ1) is 15.1. The zero-order valence-electron chi connectivity index (χ0n) is 20.7. The minimum atomic E-state index is -0.375. The summed E-state index contributed by atoms with van der Waals surface area (Å²) in [5.41, 5.74) is 0.772. The Balaban J connectivity index is 1.34. The van der Waals surface area contributed by atoms with Crippen molar-refractivity contribution in [3.63, 3.8) is 0 Å². The fourth-order valence-corrected chi connectivity index (χ4v) is 9.49. The van der Waals surface area contributed by atoms with Gasteiger partial charge in [0.05, 0.1) is 6.10 Å². The van der Waals surface area contributed by atoms with E-state index in [4.69, 9.17) is 0 Å². The largest absolute Gasteiger partial charge is 0.393 e. The average molecular weight is 441 g/mol. The van der Waals surface area contributed by atoms with E-state index in [1.807, 2.05) is 0 Å². The molecule has 1 N–H and O–H groups in total. The number of aliphatic hydroxyl groups is 1. The first kappa shape index (κ1) is 22.8. The highest BCUT2D eigenvalue weighted by atomic mass is 16.3. The highest BCUT2D eigenvalue weighted by Gasteiger charge is 2.63. The van der Waals surface area contributed by atoms with E-state index in [2.05, 4.69) is 34.3 Å². The smallest absolute Gasteiger partial charge is 0.158 e. The lowest BCUT2D eigenvalue weighted by atomic mass is 9.44. The van der Waals surface area contributed by atoms with E-state index in [0.29, 0.717) is 47.7 Å². The van der Waals surface area contributed by atoms with Gasteiger partial charge in [0.2, 0.25) is 0 Å². The molecule has 0 aliphatic heterocycles. The molecule has 11 atom stereocenters. The summed E-state index contributed by atoms with van der Waals surface area (Å²) in [6.07, 6.45) is 9.29. The van der Waals surface area contributed by atoms with Gasteiger partial charge in [-0.3, -0.25) is 9.59 Å². The van der Waals surface area contributed by atoms with Gasteiger partial charge in [-0.05, 0) is 103 Å². The van der Waals surface area contributed by atoms with E-state index in [1.165, 1.54) is 12.8 Å². The molecule has 0 heterocycles. The van der Waals surface area contributed by atoms with Crippen LogP contribution in [-0.2, 0) is 9.59 Å². The fraction of sp³-hybridized carbons (Fsp3) is 0.862. The van der Waals surface area contributed by atoms with Crippen LogP contribution < -0.4 is 0 Å². The lowest BCUT2D eigenvalue weighted by Crippen LogP contribution is -2.58. The molecule has 5 fully saturated rings. The molecule has 5 rings (SSSR count). The Morgan fingerprint density at radius 3 is 2.56 bits per heavy atom. The van der Waals surface area contributed by atoms with Gasteiger partial charge in [0, 0.05) is 24.7 Å². The van der Waals surface area contributed by atoms with Crippen LogP contribution in [0, 0.1) is 58.2 Å². The molecule has 0 saturated heterocycles. The number of rotatable bonds is 5. The molecule has 0 amide bonds. The molecule has 178 valence electrons. The molecule has 5 aliphatic carbocycles. The van der Waals surface area contributed by atoms with Gasteiger partial charge in [0.15, 0.2) is 5.78 Å². The van der Waals surface area contributed by atoms with E-state index >= 15 is 0 Å². The number of carbonyl (C=O) groups is 2. The van der Waals surface area contributed by atoms with Gasteiger partial charge in [-0.15, -0.1) is 0 Å². The highest BCUT2D eigenvalue weighted by molar-refractivity contribution is 5.95. The highest BCUT2D eigenvalue weighted by Crippen LogP contribution is 2.68. The summed E-state index contributed by atoms with van der Waals surface area (Å²) < 4.78 is 0. The van der Waals surface area contributed by atoms with E-state index in [9.17, 15) is 14.7 Å². The van der Waals surface area contributed by atoms with Crippen LogP contribution in [0.5, 0.6) is 0 Å². The van der Waals surface area contributed by atoms with E-state index in [0.717, 1.165) is 56.4 Å². The summed E-state index contributed by atoms with van der Waals surface area (Å²) in [5.74, 6) is 4.85. The van der Waals surface area contributed by atoms with Crippen molar-refractivity contribution in [2.24, 2.45) is 58.2 Å². The number of hydrogen-bond donors (Lipinski definition) is 1. The minimum absolute atomic E-state index is 0.123. The Kier molecular flexibility index (Phi) is 5.55. The number of aliphatic hydroxyl groups excluding tert-OH is 1. The Bertz CT molecular complexity index is 815. The van der Waals surface area contributed by atoms with Gasteiger partial charge >= 0.3 is 0 Å². The molecule has 0 radical (unpaired) electrons. The second-order valence-electron chi connectivity index (χ2n) is 13.2. The van der Waals surface area contributed by atoms with E-state index < -0.39 is 0 Å². The molecule has 0 unspecified atom stereocenters. The van der Waals surface area contributed by atoms with Crippen LogP contribution in [0.15, 0.2) is 12.2 Å². The third kappa shape index (κ3) is 3.31. The Morgan fingerprint density at radius 2 is 1.88 bits per heavy atom. The molecule has 5 aliphatic rings. The molecule has 3 heteroatoms. The van der Waals surface area contributed by atoms with Crippen LogP contribution in [-0.4, -0.2) is 22.8 Å². The van der Waals surface area contributed by atoms with Gasteiger partial charge in [0.25, 0.3) is 0 Å². The first-order valence-corrected chi connectivity index (χ1v) is 13.5. The molecular formula is C29H44O3. The summed E-state index contributed by atoms with van der Waals surface area (Å²) in [5, 5.41) is 11.6. The van der Waals surface area contributed by atoms with Gasteiger partial charge in [-0.25, -0.2) is 0 Å². The first-order valence-electron chi connectivity index (χ1n) is 13.5. The van der Waals surface area contributed by atoms with Crippen LogP contribution in [0.25, 0.3) is 0 Å². The third-order valence-corrected chi connectivity index (χ3v) is 11.8. The summed E-state index contributed by atoms with van der Waals surface area (Å²) in [7, 11) is 0. The molecule has 0 bridgehead atoms. The van der Waals surface area contributed by atoms with Gasteiger partial charge < -0.3 is 5.11 Å². The summed E-state index contributed by atoms with van der Waals surface area (Å²) in [6, 6.07) is 0.